The third kappa shape index (κ3) is 3.28. The van der Waals surface area contributed by atoms with Gasteiger partial charge in [-0.2, -0.15) is 0 Å². The molecule has 0 spiro atoms. The van der Waals surface area contributed by atoms with Crippen LogP contribution in [0.25, 0.3) is 0 Å². The normalized spacial score (nSPS) is 12.4. The highest BCUT2D eigenvalue weighted by atomic mass is 35.5. The number of aromatic nitrogens is 2. The first-order valence-corrected chi connectivity index (χ1v) is 6.67. The third-order valence-electron chi connectivity index (χ3n) is 2.96. The van der Waals surface area contributed by atoms with E-state index in [9.17, 15) is 0 Å². The van der Waals surface area contributed by atoms with Crippen LogP contribution in [0.2, 0.25) is 5.02 Å². The van der Waals surface area contributed by atoms with Crippen LogP contribution in [0, 0.1) is 0 Å². The topological polar surface area (TPSA) is 53.1 Å². The Kier molecular flexibility index (Phi) is 4.45. The average molecular weight is 280 g/mol. The Morgan fingerprint density at radius 3 is 2.95 bits per heavy atom. The van der Waals surface area contributed by atoms with Gasteiger partial charge in [-0.15, -0.1) is 0 Å². The van der Waals surface area contributed by atoms with E-state index >= 15 is 0 Å². The second kappa shape index (κ2) is 6.08. The molecule has 1 aromatic heterocycles. The molecule has 0 aliphatic carbocycles. The minimum atomic E-state index is -0.125. The van der Waals surface area contributed by atoms with Crippen molar-refractivity contribution in [2.75, 3.05) is 0 Å². The Morgan fingerprint density at radius 2 is 2.26 bits per heavy atom. The number of nitrogens with zero attached hydrogens (tertiary/aromatic N) is 2. The molecule has 19 heavy (non-hydrogen) atoms. The fraction of sp³-hybridized carbons (Fsp3) is 0.357. The fourth-order valence-electron chi connectivity index (χ4n) is 1.92. The van der Waals surface area contributed by atoms with Gasteiger partial charge in [0.2, 0.25) is 0 Å². The first-order chi connectivity index (χ1) is 9.11. The monoisotopic (exact) mass is 279 g/mol. The summed E-state index contributed by atoms with van der Waals surface area (Å²) in [7, 11) is 0. The van der Waals surface area contributed by atoms with Gasteiger partial charge >= 0.3 is 0 Å². The van der Waals surface area contributed by atoms with E-state index in [0.717, 1.165) is 23.7 Å². The minimum Gasteiger partial charge on any atom is -0.485 e. The van der Waals surface area contributed by atoms with E-state index in [1.807, 2.05) is 29.8 Å². The lowest BCUT2D eigenvalue weighted by Crippen LogP contribution is -2.10. The van der Waals surface area contributed by atoms with Gasteiger partial charge < -0.3 is 15.0 Å². The maximum Gasteiger partial charge on any atom is 0.146 e. The molecule has 0 radical (unpaired) electrons. The molecule has 0 aliphatic heterocycles. The summed E-state index contributed by atoms with van der Waals surface area (Å²) in [5, 5.41) is 0.662. The third-order valence-corrected chi connectivity index (χ3v) is 3.20. The summed E-state index contributed by atoms with van der Waals surface area (Å²) >= 11 is 5.98. The molecular formula is C14H18ClN3O. The Balaban J connectivity index is 2.15. The highest BCUT2D eigenvalue weighted by molar-refractivity contribution is 6.30. The van der Waals surface area contributed by atoms with Gasteiger partial charge in [0.25, 0.3) is 0 Å². The number of hydrogen-bond acceptors (Lipinski definition) is 3. The summed E-state index contributed by atoms with van der Waals surface area (Å²) in [5.74, 6) is 1.65. The number of rotatable bonds is 5. The van der Waals surface area contributed by atoms with Crippen LogP contribution >= 0.6 is 11.6 Å². The van der Waals surface area contributed by atoms with Gasteiger partial charge in [-0.05, 0) is 32.0 Å². The van der Waals surface area contributed by atoms with E-state index in [2.05, 4.69) is 11.9 Å². The quantitative estimate of drug-likeness (QED) is 0.915. The summed E-state index contributed by atoms with van der Waals surface area (Å²) in [6.45, 7) is 5.27. The van der Waals surface area contributed by atoms with Crippen LogP contribution in [0.1, 0.15) is 31.3 Å². The predicted octanol–water partition coefficient (Wildman–Crippen LogP) is 3.16. The number of aryl methyl sites for hydroxylation is 1. The first kappa shape index (κ1) is 13.9. The molecule has 0 aliphatic rings. The Hall–Kier alpha value is -1.52. The number of imidazole rings is 1. The van der Waals surface area contributed by atoms with Crippen molar-refractivity contribution in [2.45, 2.75) is 33.0 Å². The molecule has 0 saturated carbocycles. The van der Waals surface area contributed by atoms with Gasteiger partial charge in [0, 0.05) is 35.6 Å². The molecule has 1 aromatic carbocycles. The van der Waals surface area contributed by atoms with Crippen LogP contribution in [0.4, 0.5) is 0 Å². The SMILES string of the molecule is CCn1ccnc1COc1ccc(Cl)cc1C(C)N. The maximum absolute atomic E-state index is 5.98. The first-order valence-electron chi connectivity index (χ1n) is 6.29. The zero-order chi connectivity index (χ0) is 13.8. The van der Waals surface area contributed by atoms with Gasteiger partial charge in [0.05, 0.1) is 0 Å². The number of hydrogen-bond donors (Lipinski definition) is 1. The highest BCUT2D eigenvalue weighted by Crippen LogP contribution is 2.27. The van der Waals surface area contributed by atoms with Crippen LogP contribution < -0.4 is 10.5 Å². The van der Waals surface area contributed by atoms with E-state index in [4.69, 9.17) is 22.1 Å². The predicted molar refractivity (Wildman–Crippen MR) is 76.3 cm³/mol. The van der Waals surface area contributed by atoms with Gasteiger partial charge in [0.15, 0.2) is 0 Å². The lowest BCUT2D eigenvalue weighted by Gasteiger charge is -2.14. The molecule has 5 heteroatoms. The molecule has 1 heterocycles. The number of nitrogens with two attached hydrogens (primary N) is 1. The largest absolute Gasteiger partial charge is 0.485 e. The van der Waals surface area contributed by atoms with Crippen LogP contribution in [-0.2, 0) is 13.2 Å². The number of benzene rings is 1. The highest BCUT2D eigenvalue weighted by Gasteiger charge is 2.10. The second-order valence-electron chi connectivity index (χ2n) is 4.39. The van der Waals surface area contributed by atoms with Crippen molar-refractivity contribution >= 4 is 11.6 Å². The lowest BCUT2D eigenvalue weighted by atomic mass is 10.1. The summed E-state index contributed by atoms with van der Waals surface area (Å²) in [4.78, 5) is 4.27. The van der Waals surface area contributed by atoms with Gasteiger partial charge in [-0.1, -0.05) is 11.6 Å². The molecule has 4 nitrogen and oxygen atoms in total. The minimum absolute atomic E-state index is 0.125. The van der Waals surface area contributed by atoms with E-state index in [1.54, 1.807) is 12.3 Å². The van der Waals surface area contributed by atoms with Crippen molar-refractivity contribution in [1.82, 2.24) is 9.55 Å². The smallest absolute Gasteiger partial charge is 0.146 e. The maximum atomic E-state index is 5.98. The Labute approximate surface area is 118 Å². The summed E-state index contributed by atoms with van der Waals surface area (Å²) < 4.78 is 7.86. The van der Waals surface area contributed by atoms with Crippen molar-refractivity contribution in [1.29, 1.82) is 0 Å². The molecule has 0 saturated heterocycles. The molecule has 2 rings (SSSR count). The van der Waals surface area contributed by atoms with Gasteiger partial charge in [-0.25, -0.2) is 4.98 Å². The molecule has 2 aromatic rings. The molecule has 1 atom stereocenters. The van der Waals surface area contributed by atoms with Crippen molar-refractivity contribution in [3.63, 3.8) is 0 Å². The van der Waals surface area contributed by atoms with Gasteiger partial charge in [-0.3, -0.25) is 0 Å². The number of ether oxygens (including phenoxy) is 1. The molecule has 0 bridgehead atoms. The zero-order valence-corrected chi connectivity index (χ0v) is 11.9. The van der Waals surface area contributed by atoms with Crippen molar-refractivity contribution in [3.05, 3.63) is 47.0 Å². The molecule has 2 N–H and O–H groups in total. The summed E-state index contributed by atoms with van der Waals surface area (Å²) in [5.41, 5.74) is 6.83. The Morgan fingerprint density at radius 1 is 1.47 bits per heavy atom. The molecule has 102 valence electrons. The summed E-state index contributed by atoms with van der Waals surface area (Å²) in [6.07, 6.45) is 3.71. The fourth-order valence-corrected chi connectivity index (χ4v) is 2.10. The van der Waals surface area contributed by atoms with Crippen LogP contribution in [0.3, 0.4) is 0 Å². The summed E-state index contributed by atoms with van der Waals surface area (Å²) in [6, 6.07) is 5.36. The van der Waals surface area contributed by atoms with E-state index in [-0.39, 0.29) is 6.04 Å². The zero-order valence-electron chi connectivity index (χ0n) is 11.1. The molecular weight excluding hydrogens is 262 g/mol. The van der Waals surface area contributed by atoms with E-state index in [0.29, 0.717) is 11.6 Å². The van der Waals surface area contributed by atoms with Gasteiger partial charge in [0.1, 0.15) is 18.2 Å². The van der Waals surface area contributed by atoms with E-state index < -0.39 is 0 Å². The van der Waals surface area contributed by atoms with Crippen LogP contribution in [0.5, 0.6) is 5.75 Å². The molecule has 0 fully saturated rings. The second-order valence-corrected chi connectivity index (χ2v) is 4.83. The average Bonchev–Trinajstić information content (AvgIpc) is 2.84. The molecule has 1 unspecified atom stereocenters. The Bertz CT molecular complexity index is 551. The van der Waals surface area contributed by atoms with Crippen molar-refractivity contribution in [3.8, 4) is 5.75 Å². The van der Waals surface area contributed by atoms with E-state index in [1.165, 1.54) is 0 Å². The number of halogens is 1. The van der Waals surface area contributed by atoms with Crippen LogP contribution in [0.15, 0.2) is 30.6 Å². The molecule has 0 amide bonds. The van der Waals surface area contributed by atoms with Crippen molar-refractivity contribution < 1.29 is 4.74 Å². The standard InChI is InChI=1S/C14H18ClN3O/c1-3-18-7-6-17-14(18)9-19-13-5-4-11(15)8-12(13)10(2)16/h4-8,10H,3,9,16H2,1-2H3. The van der Waals surface area contributed by atoms with Crippen LogP contribution in [-0.4, -0.2) is 9.55 Å². The van der Waals surface area contributed by atoms with Crippen molar-refractivity contribution in [2.24, 2.45) is 5.73 Å². The lowest BCUT2D eigenvalue weighted by molar-refractivity contribution is 0.285.